The first-order valence-electron chi connectivity index (χ1n) is 5.04. The molecule has 82 valence electrons. The number of nitrogens with zero attached hydrogens (tertiary/aromatic N) is 4. The molecule has 1 N–H and O–H groups in total. The first-order valence-corrected chi connectivity index (χ1v) is 5.04. The number of rotatable bonds is 0. The second kappa shape index (κ2) is 3.19. The van der Waals surface area contributed by atoms with Gasteiger partial charge in [0, 0.05) is 25.4 Å². The smallest absolute Gasteiger partial charge is 0.407 e. The van der Waals surface area contributed by atoms with Gasteiger partial charge < -0.3 is 10.0 Å². The molecule has 2 aromatic heterocycles. The van der Waals surface area contributed by atoms with Crippen LogP contribution in [0.1, 0.15) is 11.4 Å². The minimum Gasteiger partial charge on any atom is -0.465 e. The summed E-state index contributed by atoms with van der Waals surface area (Å²) >= 11 is 0. The lowest BCUT2D eigenvalue weighted by Gasteiger charge is -2.23. The van der Waals surface area contributed by atoms with Gasteiger partial charge in [0.1, 0.15) is 0 Å². The Labute approximate surface area is 91.2 Å². The molecule has 2 aromatic rings. The van der Waals surface area contributed by atoms with Crippen molar-refractivity contribution < 1.29 is 9.90 Å². The molecule has 6 nitrogen and oxygen atoms in total. The van der Waals surface area contributed by atoms with E-state index in [-0.39, 0.29) is 0 Å². The highest BCUT2D eigenvalue weighted by Gasteiger charge is 2.24. The van der Waals surface area contributed by atoms with E-state index in [4.69, 9.17) is 5.11 Å². The summed E-state index contributed by atoms with van der Waals surface area (Å²) in [6.45, 7) is 0.893. The molecule has 0 aliphatic carbocycles. The average molecular weight is 218 g/mol. The molecule has 0 fully saturated rings. The van der Waals surface area contributed by atoms with E-state index in [0.717, 1.165) is 11.4 Å². The molecular weight excluding hydrogens is 208 g/mol. The van der Waals surface area contributed by atoms with Crippen molar-refractivity contribution in [2.45, 2.75) is 13.0 Å². The second-order valence-electron chi connectivity index (χ2n) is 3.75. The fourth-order valence-electron chi connectivity index (χ4n) is 2.01. The molecule has 0 bridgehead atoms. The molecular formula is C10H10N4O2. The lowest BCUT2D eigenvalue weighted by Crippen LogP contribution is -2.35. The molecule has 0 spiro atoms. The fourth-order valence-corrected chi connectivity index (χ4v) is 2.01. The molecule has 0 atom stereocenters. The standard InChI is InChI=1S/C10H10N4O2/c15-10(16)13-5-2-7-8(6-13)14-4-1-3-11-9(14)12-7/h1,3-4H,2,5-6H2,(H,15,16). The number of imidazole rings is 1. The van der Waals surface area contributed by atoms with Crippen molar-refractivity contribution in [3.63, 3.8) is 0 Å². The minimum atomic E-state index is -0.885. The van der Waals surface area contributed by atoms with Gasteiger partial charge >= 0.3 is 6.09 Å². The van der Waals surface area contributed by atoms with Gasteiger partial charge in [-0.3, -0.25) is 4.40 Å². The highest BCUT2D eigenvalue weighted by atomic mass is 16.4. The summed E-state index contributed by atoms with van der Waals surface area (Å²) in [7, 11) is 0. The average Bonchev–Trinajstić information content (AvgIpc) is 2.66. The van der Waals surface area contributed by atoms with Crippen LogP contribution in [0.3, 0.4) is 0 Å². The zero-order valence-corrected chi connectivity index (χ0v) is 8.50. The van der Waals surface area contributed by atoms with Gasteiger partial charge in [-0.15, -0.1) is 0 Å². The summed E-state index contributed by atoms with van der Waals surface area (Å²) in [5.41, 5.74) is 1.88. The molecule has 3 heterocycles. The van der Waals surface area contributed by atoms with Crippen LogP contribution in [0.15, 0.2) is 18.5 Å². The maximum Gasteiger partial charge on any atom is 0.407 e. The lowest BCUT2D eigenvalue weighted by atomic mass is 10.1. The van der Waals surface area contributed by atoms with Crippen LogP contribution in [-0.4, -0.2) is 37.0 Å². The van der Waals surface area contributed by atoms with Gasteiger partial charge in [-0.2, -0.15) is 0 Å². The number of amides is 1. The number of carbonyl (C=O) groups is 1. The summed E-state index contributed by atoms with van der Waals surface area (Å²) in [6, 6.07) is 1.81. The number of aromatic nitrogens is 3. The van der Waals surface area contributed by atoms with Gasteiger partial charge in [0.2, 0.25) is 5.78 Å². The Morgan fingerprint density at radius 2 is 2.38 bits per heavy atom. The third kappa shape index (κ3) is 1.23. The largest absolute Gasteiger partial charge is 0.465 e. The maximum absolute atomic E-state index is 10.9. The van der Waals surface area contributed by atoms with Crippen LogP contribution in [0.5, 0.6) is 0 Å². The van der Waals surface area contributed by atoms with E-state index in [1.54, 1.807) is 6.20 Å². The van der Waals surface area contributed by atoms with E-state index in [0.29, 0.717) is 25.3 Å². The molecule has 1 amide bonds. The van der Waals surface area contributed by atoms with E-state index in [9.17, 15) is 4.79 Å². The Morgan fingerprint density at radius 1 is 1.50 bits per heavy atom. The molecule has 6 heteroatoms. The first kappa shape index (κ1) is 9.14. The van der Waals surface area contributed by atoms with E-state index in [1.165, 1.54) is 4.90 Å². The van der Waals surface area contributed by atoms with Crippen molar-refractivity contribution in [1.82, 2.24) is 19.3 Å². The normalized spacial score (nSPS) is 15.1. The topological polar surface area (TPSA) is 70.7 Å². The first-order chi connectivity index (χ1) is 7.75. The lowest BCUT2D eigenvalue weighted by molar-refractivity contribution is 0.139. The summed E-state index contributed by atoms with van der Waals surface area (Å²) in [4.78, 5) is 20.8. The molecule has 0 saturated heterocycles. The number of fused-ring (bicyclic) bond motifs is 3. The van der Waals surface area contributed by atoms with Crippen molar-refractivity contribution >= 4 is 11.9 Å². The maximum atomic E-state index is 10.9. The van der Waals surface area contributed by atoms with E-state index in [1.807, 2.05) is 16.7 Å². The molecule has 3 rings (SSSR count). The molecule has 16 heavy (non-hydrogen) atoms. The molecule has 0 unspecified atom stereocenters. The molecule has 0 aromatic carbocycles. The van der Waals surface area contributed by atoms with Gasteiger partial charge in [-0.05, 0) is 6.07 Å². The Balaban J connectivity index is 2.11. The Morgan fingerprint density at radius 3 is 3.19 bits per heavy atom. The van der Waals surface area contributed by atoms with Crippen molar-refractivity contribution in [1.29, 1.82) is 0 Å². The van der Waals surface area contributed by atoms with Gasteiger partial charge in [0.05, 0.1) is 17.9 Å². The van der Waals surface area contributed by atoms with Crippen molar-refractivity contribution in [2.24, 2.45) is 0 Å². The molecule has 1 aliphatic rings. The summed E-state index contributed by atoms with van der Waals surface area (Å²) in [6.07, 6.45) is 3.32. The third-order valence-corrected chi connectivity index (χ3v) is 2.82. The number of carboxylic acid groups (broad SMARTS) is 1. The van der Waals surface area contributed by atoms with Crippen LogP contribution in [0.4, 0.5) is 4.79 Å². The summed E-state index contributed by atoms with van der Waals surface area (Å²) in [5.74, 6) is 0.639. The van der Waals surface area contributed by atoms with Crippen LogP contribution in [-0.2, 0) is 13.0 Å². The SMILES string of the molecule is O=C(O)N1CCc2nc3ncccn3c2C1. The molecule has 0 saturated carbocycles. The van der Waals surface area contributed by atoms with Crippen LogP contribution >= 0.6 is 0 Å². The predicted molar refractivity (Wildman–Crippen MR) is 55.1 cm³/mol. The summed E-state index contributed by atoms with van der Waals surface area (Å²) in [5, 5.41) is 8.95. The predicted octanol–water partition coefficient (Wildman–Crippen LogP) is 0.765. The van der Waals surface area contributed by atoms with Gasteiger partial charge in [0.15, 0.2) is 0 Å². The molecule has 1 aliphatic heterocycles. The number of hydrogen-bond acceptors (Lipinski definition) is 3. The monoisotopic (exact) mass is 218 g/mol. The van der Waals surface area contributed by atoms with E-state index < -0.39 is 6.09 Å². The highest BCUT2D eigenvalue weighted by molar-refractivity contribution is 5.65. The van der Waals surface area contributed by atoms with Crippen LogP contribution in [0.2, 0.25) is 0 Å². The highest BCUT2D eigenvalue weighted by Crippen LogP contribution is 2.19. The van der Waals surface area contributed by atoms with E-state index >= 15 is 0 Å². The minimum absolute atomic E-state index is 0.386. The second-order valence-corrected chi connectivity index (χ2v) is 3.75. The van der Waals surface area contributed by atoms with Gasteiger partial charge in [0.25, 0.3) is 0 Å². The Bertz CT molecular complexity index is 563. The summed E-state index contributed by atoms with van der Waals surface area (Å²) < 4.78 is 1.85. The van der Waals surface area contributed by atoms with Crippen LogP contribution in [0.25, 0.3) is 5.78 Å². The Kier molecular flexibility index (Phi) is 1.82. The van der Waals surface area contributed by atoms with Crippen LogP contribution in [0, 0.1) is 0 Å². The quantitative estimate of drug-likeness (QED) is 0.708. The zero-order chi connectivity index (χ0) is 11.1. The zero-order valence-electron chi connectivity index (χ0n) is 8.50. The fraction of sp³-hybridized carbons (Fsp3) is 0.300. The van der Waals surface area contributed by atoms with Gasteiger partial charge in [-0.1, -0.05) is 0 Å². The van der Waals surface area contributed by atoms with Crippen LogP contribution < -0.4 is 0 Å². The van der Waals surface area contributed by atoms with Gasteiger partial charge in [-0.25, -0.2) is 14.8 Å². The third-order valence-electron chi connectivity index (χ3n) is 2.82. The number of hydrogen-bond donors (Lipinski definition) is 1. The molecule has 0 radical (unpaired) electrons. The van der Waals surface area contributed by atoms with E-state index in [2.05, 4.69) is 9.97 Å². The Hall–Kier alpha value is -2.11. The van der Waals surface area contributed by atoms with Crippen molar-refractivity contribution in [3.05, 3.63) is 29.8 Å². The van der Waals surface area contributed by atoms with Crippen molar-refractivity contribution in [2.75, 3.05) is 6.54 Å². The van der Waals surface area contributed by atoms with Crippen molar-refractivity contribution in [3.8, 4) is 0 Å².